The monoisotopic (exact) mass is 802 g/mol. The molecule has 0 aromatic heterocycles. The highest BCUT2D eigenvalue weighted by molar-refractivity contribution is 7.88. The molecule has 0 N–H and O–H groups in total. The van der Waals surface area contributed by atoms with Crippen LogP contribution in [0.5, 0.6) is 0 Å². The van der Waals surface area contributed by atoms with Gasteiger partial charge in [-0.2, -0.15) is 117 Å². The van der Waals surface area contributed by atoms with Gasteiger partial charge in [0.05, 0.1) is 6.61 Å². The molecule has 0 bridgehead atoms. The van der Waals surface area contributed by atoms with Crippen molar-refractivity contribution < 1.29 is 130 Å². The van der Waals surface area contributed by atoms with Gasteiger partial charge in [0.25, 0.3) is 0 Å². The highest BCUT2D eigenvalue weighted by Crippen LogP contribution is 2.52. The van der Waals surface area contributed by atoms with E-state index in [1.54, 1.807) is 0 Å². The summed E-state index contributed by atoms with van der Waals surface area (Å²) in [4.78, 5) is 0. The van der Waals surface area contributed by atoms with Crippen molar-refractivity contribution in [2.75, 3.05) is 6.61 Å². The highest BCUT2D eigenvalue weighted by Gasteiger charge is 2.82. The van der Waals surface area contributed by atoms with Gasteiger partial charge in [0.1, 0.15) is 12.2 Å². The first-order valence-corrected chi connectivity index (χ1v) is 13.9. The van der Waals surface area contributed by atoms with E-state index in [0.717, 1.165) is 0 Å². The Hall–Kier alpha value is -1.74. The number of alkyl halides is 21. The zero-order chi connectivity index (χ0) is 38.0. The first-order valence-electron chi connectivity index (χ1n) is 9.66. The number of rotatable bonds is 14. The molecule has 0 saturated heterocycles. The molecule has 0 spiro atoms. The molecule has 0 aromatic carbocycles. The van der Waals surface area contributed by atoms with Crippen LogP contribution in [0.1, 0.15) is 6.92 Å². The average Bonchev–Trinajstić information content (AvgIpc) is 2.78. The standard InChI is InChI=1S/C13H7F21O9S3/c1-3(42-45(37,38)12(31,32)6(16,17)9(23,24)25)4(43-46(39,40)13(33,34)7(18,19)10(26,27)28)2-41-44(35,36)11(29,30)5(14,15)8(20,21)22/h3-4H,2H2,1H3. The Morgan fingerprint density at radius 3 is 0.935 bits per heavy atom. The molecular formula is C13H7F21O9S3. The van der Waals surface area contributed by atoms with E-state index in [0.29, 0.717) is 0 Å². The molecule has 0 aliphatic heterocycles. The van der Waals surface area contributed by atoms with Crippen molar-refractivity contribution in [2.24, 2.45) is 0 Å². The summed E-state index contributed by atoms with van der Waals surface area (Å²) in [5, 5.41) is -23.1. The van der Waals surface area contributed by atoms with Crippen LogP contribution in [0.2, 0.25) is 0 Å². The van der Waals surface area contributed by atoms with Gasteiger partial charge in [-0.1, -0.05) is 0 Å². The maximum absolute atomic E-state index is 13.7. The fraction of sp³-hybridized carbons (Fsp3) is 1.00. The van der Waals surface area contributed by atoms with Gasteiger partial charge < -0.3 is 0 Å². The van der Waals surface area contributed by atoms with E-state index in [4.69, 9.17) is 0 Å². The molecule has 9 nitrogen and oxygen atoms in total. The van der Waals surface area contributed by atoms with Crippen molar-refractivity contribution in [1.82, 2.24) is 0 Å². The number of halogens is 21. The highest BCUT2D eigenvalue weighted by atomic mass is 32.2. The van der Waals surface area contributed by atoms with Gasteiger partial charge in [-0.15, -0.1) is 0 Å². The summed E-state index contributed by atoms with van der Waals surface area (Å²) in [5.41, 5.74) is 0. The fourth-order valence-corrected chi connectivity index (χ4v) is 5.04. The van der Waals surface area contributed by atoms with Crippen molar-refractivity contribution in [3.63, 3.8) is 0 Å². The summed E-state index contributed by atoms with van der Waals surface area (Å²) < 4.78 is 347. The van der Waals surface area contributed by atoms with Crippen LogP contribution in [0.15, 0.2) is 0 Å². The molecule has 0 saturated carbocycles. The maximum Gasteiger partial charge on any atom is 0.461 e. The maximum atomic E-state index is 13.7. The third-order valence-electron chi connectivity index (χ3n) is 4.55. The quantitative estimate of drug-likeness (QED) is 0.173. The van der Waals surface area contributed by atoms with Crippen molar-refractivity contribution in [3.8, 4) is 0 Å². The van der Waals surface area contributed by atoms with Crippen LogP contribution in [0.4, 0.5) is 92.2 Å². The molecule has 0 aliphatic rings. The molecule has 0 radical (unpaired) electrons. The van der Waals surface area contributed by atoms with E-state index in [1.807, 2.05) is 0 Å². The van der Waals surface area contributed by atoms with E-state index in [1.165, 1.54) is 0 Å². The zero-order valence-corrected chi connectivity index (χ0v) is 22.6. The van der Waals surface area contributed by atoms with Gasteiger partial charge in [-0.05, 0) is 6.92 Å². The van der Waals surface area contributed by atoms with Crippen LogP contribution in [0, 0.1) is 0 Å². The molecule has 46 heavy (non-hydrogen) atoms. The number of hydrogen-bond donors (Lipinski definition) is 0. The van der Waals surface area contributed by atoms with Crippen molar-refractivity contribution >= 4 is 30.4 Å². The topological polar surface area (TPSA) is 130 Å². The summed E-state index contributed by atoms with van der Waals surface area (Å²) >= 11 is 0. The van der Waals surface area contributed by atoms with E-state index in [-0.39, 0.29) is 0 Å². The minimum atomic E-state index is -8.33. The number of hydrogen-bond acceptors (Lipinski definition) is 9. The lowest BCUT2D eigenvalue weighted by Crippen LogP contribution is -2.59. The Bertz CT molecular complexity index is 1430. The second-order valence-electron chi connectivity index (χ2n) is 7.85. The molecule has 0 aromatic rings. The molecule has 33 heteroatoms. The predicted octanol–water partition coefficient (Wildman–Crippen LogP) is 5.15. The van der Waals surface area contributed by atoms with Gasteiger partial charge in [0, 0.05) is 0 Å². The lowest BCUT2D eigenvalue weighted by molar-refractivity contribution is -0.334. The van der Waals surface area contributed by atoms with Crippen LogP contribution < -0.4 is 0 Å². The largest absolute Gasteiger partial charge is 0.461 e. The average molecular weight is 802 g/mol. The molecule has 0 aliphatic carbocycles. The Morgan fingerprint density at radius 2 is 0.674 bits per heavy atom. The predicted molar refractivity (Wildman–Crippen MR) is 96.0 cm³/mol. The normalized spacial score (nSPS) is 17.6. The van der Waals surface area contributed by atoms with Crippen LogP contribution >= 0.6 is 0 Å². The van der Waals surface area contributed by atoms with E-state index >= 15 is 0 Å². The molecule has 2 atom stereocenters. The Kier molecular flexibility index (Phi) is 11.5. The van der Waals surface area contributed by atoms with Crippen LogP contribution in [0.25, 0.3) is 0 Å². The van der Waals surface area contributed by atoms with Crippen molar-refractivity contribution in [1.29, 1.82) is 0 Å². The van der Waals surface area contributed by atoms with E-state index < -0.39 is 108 Å². The van der Waals surface area contributed by atoms with Gasteiger partial charge in [0.2, 0.25) is 0 Å². The summed E-state index contributed by atoms with van der Waals surface area (Å²) in [6, 6.07) is 0. The fourth-order valence-electron chi connectivity index (χ4n) is 1.98. The second kappa shape index (κ2) is 12.0. The van der Waals surface area contributed by atoms with Crippen molar-refractivity contribution in [2.45, 2.75) is 71.2 Å². The molecule has 0 rings (SSSR count). The van der Waals surface area contributed by atoms with Crippen LogP contribution in [-0.2, 0) is 42.9 Å². The Balaban J connectivity index is 7.11. The zero-order valence-electron chi connectivity index (χ0n) is 20.2. The second-order valence-corrected chi connectivity index (χ2v) is 12.7. The summed E-state index contributed by atoms with van der Waals surface area (Å²) in [6.07, 6.45) is -31.4. The van der Waals surface area contributed by atoms with Gasteiger partial charge in [-0.3, -0.25) is 12.5 Å². The molecule has 278 valence electrons. The molecule has 0 heterocycles. The van der Waals surface area contributed by atoms with Gasteiger partial charge in [0.15, 0.2) is 0 Å². The van der Waals surface area contributed by atoms with Crippen LogP contribution in [-0.4, -0.2) is 96.1 Å². The molecule has 2 unspecified atom stereocenters. The van der Waals surface area contributed by atoms with E-state index in [2.05, 4.69) is 12.5 Å². The lowest BCUT2D eigenvalue weighted by Gasteiger charge is -2.32. The molecular weight excluding hydrogens is 795 g/mol. The first kappa shape index (κ1) is 44.3. The third kappa shape index (κ3) is 7.30. The summed E-state index contributed by atoms with van der Waals surface area (Å²) in [6.45, 7) is -4.14. The van der Waals surface area contributed by atoms with Crippen molar-refractivity contribution in [3.05, 3.63) is 0 Å². The SMILES string of the molecule is CC(OS(=O)(=O)C(F)(F)C(F)(F)C(F)(F)F)C(COS(=O)(=O)C(F)(F)C(F)(F)C(F)(F)F)OS(=O)(=O)C(F)(F)C(F)(F)C(F)(F)F. The van der Waals surface area contributed by atoms with E-state index in [9.17, 15) is 117 Å². The molecule has 0 amide bonds. The van der Waals surface area contributed by atoms with Crippen LogP contribution in [0.3, 0.4) is 0 Å². The minimum Gasteiger partial charge on any atom is -0.262 e. The third-order valence-corrected chi connectivity index (χ3v) is 8.70. The van der Waals surface area contributed by atoms with Gasteiger partial charge >= 0.3 is 82.4 Å². The smallest absolute Gasteiger partial charge is 0.262 e. The Labute approximate surface area is 238 Å². The summed E-state index contributed by atoms with van der Waals surface area (Å²) in [5.74, 6) is -23.4. The Morgan fingerprint density at radius 1 is 0.435 bits per heavy atom. The summed E-state index contributed by atoms with van der Waals surface area (Å²) in [7, 11) is -24.6. The first-order chi connectivity index (χ1) is 19.4. The molecule has 0 fully saturated rings. The lowest BCUT2D eigenvalue weighted by atomic mass is 10.2. The van der Waals surface area contributed by atoms with Gasteiger partial charge in [-0.25, -0.2) is 0 Å². The minimum absolute atomic E-state index is 0.669.